The van der Waals surface area contributed by atoms with Crippen molar-refractivity contribution in [3.8, 4) is 0 Å². The first kappa shape index (κ1) is 32.4. The SMILES string of the molecule is C=C(C)/C(=C(N)\N=C(/C)C(=C)c1ccccc1[C@H](C)CC)C(C)(C=O)C(=C)O/C=C(\C)CC(C)(C)C(=O)O. The molecule has 1 unspecified atom stereocenters. The molecule has 2 atom stereocenters. The topological polar surface area (TPSA) is 102 Å². The number of nitrogens with two attached hydrogens (primary N) is 1. The molecule has 1 rings (SSSR count). The fourth-order valence-corrected chi connectivity index (χ4v) is 4.22. The minimum Gasteiger partial charge on any atom is -0.481 e. The normalized spacial score (nSPS) is 15.6. The van der Waals surface area contributed by atoms with E-state index < -0.39 is 16.8 Å². The molecule has 1 aromatic carbocycles. The third-order valence-electron chi connectivity index (χ3n) is 6.87. The number of carbonyl (C=O) groups excluding carboxylic acids is 1. The van der Waals surface area contributed by atoms with Gasteiger partial charge in [0, 0.05) is 11.3 Å². The van der Waals surface area contributed by atoms with Gasteiger partial charge in [0.1, 0.15) is 23.3 Å². The quantitative estimate of drug-likeness (QED) is 0.114. The van der Waals surface area contributed by atoms with Crippen LogP contribution in [0.15, 0.2) is 83.6 Å². The van der Waals surface area contributed by atoms with Crippen LogP contribution in [0.2, 0.25) is 0 Å². The van der Waals surface area contributed by atoms with Crippen LogP contribution in [0.5, 0.6) is 0 Å². The molecule has 38 heavy (non-hydrogen) atoms. The molecule has 0 aliphatic carbocycles. The Morgan fingerprint density at radius 2 is 1.74 bits per heavy atom. The van der Waals surface area contributed by atoms with E-state index in [1.165, 1.54) is 11.8 Å². The fraction of sp³-hybridized carbons (Fsp3) is 0.406. The number of aliphatic carboxylic acids is 1. The number of hydrogen-bond acceptors (Lipinski definition) is 5. The maximum Gasteiger partial charge on any atom is 0.309 e. The van der Waals surface area contributed by atoms with Crippen LogP contribution in [0.25, 0.3) is 5.57 Å². The number of carboxylic acids is 1. The molecule has 1 aromatic rings. The van der Waals surface area contributed by atoms with E-state index in [4.69, 9.17) is 10.5 Å². The Bertz CT molecular complexity index is 1200. The Morgan fingerprint density at radius 3 is 2.24 bits per heavy atom. The second-order valence-corrected chi connectivity index (χ2v) is 10.8. The number of carboxylic acid groups (broad SMARTS) is 1. The summed E-state index contributed by atoms with van der Waals surface area (Å²) < 4.78 is 5.77. The molecule has 0 radical (unpaired) electrons. The van der Waals surface area contributed by atoms with Crippen molar-refractivity contribution in [3.63, 3.8) is 0 Å². The zero-order valence-corrected chi connectivity index (χ0v) is 24.3. The van der Waals surface area contributed by atoms with Gasteiger partial charge in [0.2, 0.25) is 0 Å². The lowest BCUT2D eigenvalue weighted by Gasteiger charge is -2.29. The molecule has 0 fully saturated rings. The number of benzene rings is 1. The highest BCUT2D eigenvalue weighted by Crippen LogP contribution is 2.39. The van der Waals surface area contributed by atoms with Crippen molar-refractivity contribution in [1.29, 1.82) is 0 Å². The number of carbonyl (C=O) groups is 2. The lowest BCUT2D eigenvalue weighted by atomic mass is 9.78. The molecule has 0 aliphatic rings. The van der Waals surface area contributed by atoms with Gasteiger partial charge >= 0.3 is 5.97 Å². The van der Waals surface area contributed by atoms with E-state index in [9.17, 15) is 14.7 Å². The lowest BCUT2D eigenvalue weighted by molar-refractivity contribution is -0.146. The van der Waals surface area contributed by atoms with Gasteiger partial charge in [-0.1, -0.05) is 57.8 Å². The highest BCUT2D eigenvalue weighted by molar-refractivity contribution is 6.22. The average Bonchev–Trinajstić information content (AvgIpc) is 2.85. The maximum atomic E-state index is 12.4. The van der Waals surface area contributed by atoms with Crippen LogP contribution in [0.4, 0.5) is 0 Å². The van der Waals surface area contributed by atoms with Crippen molar-refractivity contribution in [2.24, 2.45) is 21.6 Å². The van der Waals surface area contributed by atoms with Gasteiger partial charge in [-0.2, -0.15) is 0 Å². The Morgan fingerprint density at radius 1 is 1.16 bits per heavy atom. The van der Waals surface area contributed by atoms with E-state index in [0.29, 0.717) is 34.6 Å². The third-order valence-corrected chi connectivity index (χ3v) is 6.87. The number of rotatable bonds is 14. The third kappa shape index (κ3) is 7.67. The maximum absolute atomic E-state index is 12.4. The first-order valence-electron chi connectivity index (χ1n) is 12.7. The van der Waals surface area contributed by atoms with E-state index >= 15 is 0 Å². The average molecular weight is 521 g/mol. The highest BCUT2D eigenvalue weighted by atomic mass is 16.5. The number of allylic oxidation sites excluding steroid dienone is 4. The number of aliphatic imine (C=N–C) groups is 1. The summed E-state index contributed by atoms with van der Waals surface area (Å²) in [7, 11) is 0. The van der Waals surface area contributed by atoms with Gasteiger partial charge in [0.15, 0.2) is 0 Å². The molecular formula is C32H44N2O4. The molecule has 0 saturated carbocycles. The molecule has 3 N–H and O–H groups in total. The van der Waals surface area contributed by atoms with E-state index in [1.54, 1.807) is 34.6 Å². The second kappa shape index (κ2) is 13.2. The van der Waals surface area contributed by atoms with Crippen LogP contribution in [-0.2, 0) is 14.3 Å². The van der Waals surface area contributed by atoms with E-state index in [-0.39, 0.29) is 18.0 Å². The predicted octanol–water partition coefficient (Wildman–Crippen LogP) is 7.56. The summed E-state index contributed by atoms with van der Waals surface area (Å²) in [5.41, 5.74) is 9.33. The van der Waals surface area contributed by atoms with Crippen LogP contribution in [-0.4, -0.2) is 23.1 Å². The van der Waals surface area contributed by atoms with Gasteiger partial charge in [-0.3, -0.25) is 4.79 Å². The first-order chi connectivity index (χ1) is 17.5. The van der Waals surface area contributed by atoms with Crippen molar-refractivity contribution in [1.82, 2.24) is 0 Å². The van der Waals surface area contributed by atoms with Crippen molar-refractivity contribution < 1.29 is 19.4 Å². The monoisotopic (exact) mass is 520 g/mol. The summed E-state index contributed by atoms with van der Waals surface area (Å²) in [4.78, 5) is 28.5. The summed E-state index contributed by atoms with van der Waals surface area (Å²) in [6.07, 6.45) is 3.38. The molecule has 206 valence electrons. The molecule has 0 aliphatic heterocycles. The number of hydrogen-bond donors (Lipinski definition) is 2. The molecule has 0 bridgehead atoms. The lowest BCUT2D eigenvalue weighted by Crippen LogP contribution is -2.28. The zero-order chi connectivity index (χ0) is 29.4. The number of aldehydes is 1. The van der Waals surface area contributed by atoms with Crippen molar-refractivity contribution in [3.05, 3.63) is 89.7 Å². The van der Waals surface area contributed by atoms with Gasteiger partial charge in [-0.15, -0.1) is 0 Å². The van der Waals surface area contributed by atoms with Crippen LogP contribution in [0.1, 0.15) is 85.3 Å². The predicted molar refractivity (Wildman–Crippen MR) is 158 cm³/mol. The van der Waals surface area contributed by atoms with E-state index in [0.717, 1.165) is 17.6 Å². The van der Waals surface area contributed by atoms with Crippen molar-refractivity contribution in [2.75, 3.05) is 0 Å². The van der Waals surface area contributed by atoms with Crippen LogP contribution >= 0.6 is 0 Å². The second-order valence-electron chi connectivity index (χ2n) is 10.8. The summed E-state index contributed by atoms with van der Waals surface area (Å²) in [6, 6.07) is 8.10. The number of nitrogens with zero attached hydrogens (tertiary/aromatic N) is 1. The van der Waals surface area contributed by atoms with Crippen LogP contribution in [0, 0.1) is 10.8 Å². The summed E-state index contributed by atoms with van der Waals surface area (Å²) >= 11 is 0. The molecule has 0 saturated heterocycles. The molecular weight excluding hydrogens is 476 g/mol. The molecule has 0 aromatic heterocycles. The van der Waals surface area contributed by atoms with E-state index in [2.05, 4.69) is 44.6 Å². The largest absolute Gasteiger partial charge is 0.481 e. The van der Waals surface area contributed by atoms with Crippen LogP contribution in [0.3, 0.4) is 0 Å². The zero-order valence-electron chi connectivity index (χ0n) is 24.3. The van der Waals surface area contributed by atoms with E-state index in [1.807, 2.05) is 25.1 Å². The van der Waals surface area contributed by atoms with Crippen molar-refractivity contribution in [2.45, 2.75) is 74.1 Å². The Hall–Kier alpha value is -3.67. The van der Waals surface area contributed by atoms with Gasteiger partial charge in [-0.25, -0.2) is 4.99 Å². The Balaban J connectivity index is 3.45. The highest BCUT2D eigenvalue weighted by Gasteiger charge is 2.36. The number of ether oxygens (including phenoxy) is 1. The van der Waals surface area contributed by atoms with Gasteiger partial charge in [0.05, 0.1) is 11.7 Å². The van der Waals surface area contributed by atoms with Gasteiger partial charge < -0.3 is 20.4 Å². The summed E-state index contributed by atoms with van der Waals surface area (Å²) in [6.45, 7) is 26.8. The molecule has 6 heteroatoms. The minimum atomic E-state index is -1.35. The first-order valence-corrected chi connectivity index (χ1v) is 12.7. The molecule has 6 nitrogen and oxygen atoms in total. The smallest absolute Gasteiger partial charge is 0.309 e. The van der Waals surface area contributed by atoms with Crippen molar-refractivity contribution >= 4 is 23.5 Å². The van der Waals surface area contributed by atoms with Crippen LogP contribution < -0.4 is 5.73 Å². The summed E-state index contributed by atoms with van der Waals surface area (Å²) in [5.74, 6) is -0.325. The Labute approximate surface area is 228 Å². The fourth-order valence-electron chi connectivity index (χ4n) is 4.22. The molecule has 0 spiro atoms. The van der Waals surface area contributed by atoms with Gasteiger partial charge in [-0.05, 0) is 88.1 Å². The molecule has 0 heterocycles. The molecule has 0 amide bonds. The van der Waals surface area contributed by atoms with Gasteiger partial charge in [0.25, 0.3) is 0 Å². The standard InChI is InChI=1S/C32H44N2O4/c1-12-22(5)26-15-13-14-16-27(26)23(6)24(7)34-29(33)28(20(2)3)32(11,19-35)25(8)38-18-21(4)17-31(9,10)30(36)37/h13-16,18-19,22H,2,6,8,12,17,33H2,1,3-5,7,9-11H3,(H,36,37)/b21-18+,29-28+,34-24+/t22-,32?/m1/s1. The summed E-state index contributed by atoms with van der Waals surface area (Å²) in [5, 5.41) is 9.39. The Kier molecular flexibility index (Phi) is 11.3. The minimum absolute atomic E-state index is 0.115.